The summed E-state index contributed by atoms with van der Waals surface area (Å²) in [6.07, 6.45) is 0.568. The molecule has 1 fully saturated rings. The van der Waals surface area contributed by atoms with E-state index in [2.05, 4.69) is 10.2 Å². The Morgan fingerprint density at radius 1 is 1.43 bits per heavy atom. The van der Waals surface area contributed by atoms with E-state index in [0.717, 1.165) is 5.52 Å². The lowest BCUT2D eigenvalue weighted by Crippen LogP contribution is -2.38. The van der Waals surface area contributed by atoms with E-state index in [9.17, 15) is 9.59 Å². The smallest absolute Gasteiger partial charge is 0.275 e. The Morgan fingerprint density at radius 2 is 2.19 bits per heavy atom. The molecule has 7 nitrogen and oxygen atoms in total. The molecule has 3 rings (SSSR count). The fourth-order valence-electron chi connectivity index (χ4n) is 2.68. The third-order valence-electron chi connectivity index (χ3n) is 4.14. The molecule has 0 bridgehead atoms. The zero-order chi connectivity index (χ0) is 15.2. The van der Waals surface area contributed by atoms with Gasteiger partial charge in [0, 0.05) is 24.2 Å². The number of likely N-dealkylation sites (tertiary alicyclic amines) is 1. The molecule has 1 aromatic carbocycles. The molecule has 2 aromatic rings. The van der Waals surface area contributed by atoms with E-state index in [4.69, 9.17) is 11.5 Å². The minimum atomic E-state index is -0.666. The van der Waals surface area contributed by atoms with Gasteiger partial charge in [-0.25, -0.2) is 0 Å². The SMILES string of the molecule is CC1(C(N)=O)CCN(C(=O)c2n[nH]c3ccc(N)cc23)C1. The van der Waals surface area contributed by atoms with Crippen molar-refractivity contribution >= 4 is 28.4 Å². The molecule has 7 heteroatoms. The van der Waals surface area contributed by atoms with Gasteiger partial charge < -0.3 is 16.4 Å². The van der Waals surface area contributed by atoms with Crippen LogP contribution in [-0.2, 0) is 4.79 Å². The maximum Gasteiger partial charge on any atom is 0.275 e. The third-order valence-corrected chi connectivity index (χ3v) is 4.14. The van der Waals surface area contributed by atoms with Gasteiger partial charge in [-0.05, 0) is 31.5 Å². The molecule has 2 heterocycles. The lowest BCUT2D eigenvalue weighted by molar-refractivity contribution is -0.126. The maximum absolute atomic E-state index is 12.6. The van der Waals surface area contributed by atoms with Crippen LogP contribution in [0.5, 0.6) is 0 Å². The van der Waals surface area contributed by atoms with Gasteiger partial charge in [0.25, 0.3) is 5.91 Å². The average Bonchev–Trinajstić information content (AvgIpc) is 3.02. The van der Waals surface area contributed by atoms with E-state index in [-0.39, 0.29) is 11.8 Å². The topological polar surface area (TPSA) is 118 Å². The van der Waals surface area contributed by atoms with Crippen molar-refractivity contribution in [3.05, 3.63) is 23.9 Å². The third kappa shape index (κ3) is 2.10. The highest BCUT2D eigenvalue weighted by molar-refractivity contribution is 6.05. The number of amides is 2. The fraction of sp³-hybridized carbons (Fsp3) is 0.357. The van der Waals surface area contributed by atoms with Gasteiger partial charge in [0.1, 0.15) is 0 Å². The van der Waals surface area contributed by atoms with E-state index >= 15 is 0 Å². The number of aromatic amines is 1. The molecule has 110 valence electrons. The van der Waals surface area contributed by atoms with Gasteiger partial charge in [0.05, 0.1) is 10.9 Å². The van der Waals surface area contributed by atoms with E-state index in [0.29, 0.717) is 36.3 Å². The van der Waals surface area contributed by atoms with Crippen LogP contribution in [0.15, 0.2) is 18.2 Å². The Labute approximate surface area is 121 Å². The summed E-state index contributed by atoms with van der Waals surface area (Å²) in [5, 5.41) is 7.59. The predicted molar refractivity (Wildman–Crippen MR) is 78.3 cm³/mol. The van der Waals surface area contributed by atoms with Crippen LogP contribution in [0.1, 0.15) is 23.8 Å². The van der Waals surface area contributed by atoms with Crippen molar-refractivity contribution in [2.45, 2.75) is 13.3 Å². The number of nitrogens with one attached hydrogen (secondary N) is 1. The number of nitrogens with two attached hydrogens (primary N) is 2. The number of carbonyl (C=O) groups is 2. The number of hydrogen-bond donors (Lipinski definition) is 3. The Morgan fingerprint density at radius 3 is 2.86 bits per heavy atom. The number of fused-ring (bicyclic) bond motifs is 1. The minimum Gasteiger partial charge on any atom is -0.399 e. The molecule has 0 radical (unpaired) electrons. The standard InChI is InChI=1S/C14H17N5O2/c1-14(13(16)21)4-5-19(7-14)12(20)11-9-6-8(15)2-3-10(9)17-18-11/h2-3,6H,4-5,7,15H2,1H3,(H2,16,21)(H,17,18). The molecule has 1 aliphatic heterocycles. The molecule has 0 aliphatic carbocycles. The van der Waals surface area contributed by atoms with Gasteiger partial charge in [-0.2, -0.15) is 5.10 Å². The second-order valence-electron chi connectivity index (χ2n) is 5.78. The lowest BCUT2D eigenvalue weighted by Gasteiger charge is -2.20. The van der Waals surface area contributed by atoms with Crippen molar-refractivity contribution in [3.8, 4) is 0 Å². The van der Waals surface area contributed by atoms with Crippen molar-refractivity contribution in [2.24, 2.45) is 11.1 Å². The average molecular weight is 287 g/mol. The van der Waals surface area contributed by atoms with Gasteiger partial charge in [-0.3, -0.25) is 14.7 Å². The zero-order valence-corrected chi connectivity index (χ0v) is 11.7. The number of aromatic nitrogens is 2. The highest BCUT2D eigenvalue weighted by atomic mass is 16.2. The summed E-state index contributed by atoms with van der Waals surface area (Å²) < 4.78 is 0. The number of hydrogen-bond acceptors (Lipinski definition) is 4. The predicted octanol–water partition coefficient (Wildman–Crippen LogP) is 0.483. The zero-order valence-electron chi connectivity index (χ0n) is 11.7. The lowest BCUT2D eigenvalue weighted by atomic mass is 9.89. The second kappa shape index (κ2) is 4.47. The first-order valence-electron chi connectivity index (χ1n) is 6.73. The largest absolute Gasteiger partial charge is 0.399 e. The van der Waals surface area contributed by atoms with Gasteiger partial charge >= 0.3 is 0 Å². The molecular weight excluding hydrogens is 270 g/mol. The van der Waals surface area contributed by atoms with E-state index in [1.807, 2.05) is 0 Å². The Bertz CT molecular complexity index is 738. The number of benzene rings is 1. The Balaban J connectivity index is 1.92. The van der Waals surface area contributed by atoms with Crippen LogP contribution in [0.3, 0.4) is 0 Å². The van der Waals surface area contributed by atoms with Crippen LogP contribution in [0.2, 0.25) is 0 Å². The Kier molecular flexibility index (Phi) is 2.86. The van der Waals surface area contributed by atoms with Gasteiger partial charge in [-0.15, -0.1) is 0 Å². The van der Waals surface area contributed by atoms with Crippen molar-refractivity contribution in [3.63, 3.8) is 0 Å². The van der Waals surface area contributed by atoms with E-state index in [1.165, 1.54) is 0 Å². The van der Waals surface area contributed by atoms with Crippen LogP contribution in [0.25, 0.3) is 10.9 Å². The van der Waals surface area contributed by atoms with Crippen molar-refractivity contribution in [2.75, 3.05) is 18.8 Å². The van der Waals surface area contributed by atoms with E-state index in [1.54, 1.807) is 30.0 Å². The fourth-order valence-corrected chi connectivity index (χ4v) is 2.68. The molecule has 2 amide bonds. The Hall–Kier alpha value is -2.57. The minimum absolute atomic E-state index is 0.211. The summed E-state index contributed by atoms with van der Waals surface area (Å²) in [5.74, 6) is -0.592. The number of H-pyrrole nitrogens is 1. The van der Waals surface area contributed by atoms with Crippen molar-refractivity contribution < 1.29 is 9.59 Å². The van der Waals surface area contributed by atoms with Crippen LogP contribution in [0, 0.1) is 5.41 Å². The van der Waals surface area contributed by atoms with Gasteiger partial charge in [0.15, 0.2) is 5.69 Å². The first-order valence-corrected chi connectivity index (χ1v) is 6.73. The van der Waals surface area contributed by atoms with Gasteiger partial charge in [-0.1, -0.05) is 0 Å². The van der Waals surface area contributed by atoms with Crippen LogP contribution >= 0.6 is 0 Å². The number of anilines is 1. The molecule has 1 unspecified atom stereocenters. The molecule has 1 saturated heterocycles. The highest BCUT2D eigenvalue weighted by Crippen LogP contribution is 2.31. The molecular formula is C14H17N5O2. The molecule has 1 aromatic heterocycles. The molecule has 1 atom stereocenters. The summed E-state index contributed by atoms with van der Waals surface area (Å²) in [6, 6.07) is 5.25. The summed E-state index contributed by atoms with van der Waals surface area (Å²) in [5.41, 5.74) is 12.2. The van der Waals surface area contributed by atoms with Crippen molar-refractivity contribution in [1.29, 1.82) is 0 Å². The number of carbonyl (C=O) groups excluding carboxylic acids is 2. The van der Waals surface area contributed by atoms with Crippen LogP contribution in [-0.4, -0.2) is 40.0 Å². The molecule has 1 aliphatic rings. The van der Waals surface area contributed by atoms with Crippen molar-refractivity contribution in [1.82, 2.24) is 15.1 Å². The summed E-state index contributed by atoms with van der Waals surface area (Å²) in [6.45, 7) is 2.59. The van der Waals surface area contributed by atoms with Gasteiger partial charge in [0.2, 0.25) is 5.91 Å². The van der Waals surface area contributed by atoms with E-state index < -0.39 is 5.41 Å². The first-order chi connectivity index (χ1) is 9.90. The number of primary amides is 1. The summed E-state index contributed by atoms with van der Waals surface area (Å²) >= 11 is 0. The number of nitrogens with zero attached hydrogens (tertiary/aromatic N) is 2. The molecule has 5 N–H and O–H groups in total. The van der Waals surface area contributed by atoms with Crippen LogP contribution < -0.4 is 11.5 Å². The summed E-state index contributed by atoms with van der Waals surface area (Å²) in [4.78, 5) is 25.7. The maximum atomic E-state index is 12.6. The highest BCUT2D eigenvalue weighted by Gasteiger charge is 2.41. The second-order valence-corrected chi connectivity index (χ2v) is 5.78. The number of nitrogen functional groups attached to an aromatic ring is 1. The first kappa shape index (κ1) is 13.4. The summed E-state index contributed by atoms with van der Waals surface area (Å²) in [7, 11) is 0. The normalized spacial score (nSPS) is 21.9. The quantitative estimate of drug-likeness (QED) is 0.696. The monoisotopic (exact) mass is 287 g/mol. The molecule has 0 spiro atoms. The number of rotatable bonds is 2. The molecule has 21 heavy (non-hydrogen) atoms. The molecule has 0 saturated carbocycles. The van der Waals surface area contributed by atoms with Crippen LogP contribution in [0.4, 0.5) is 5.69 Å².